The zero-order valence-electron chi connectivity index (χ0n) is 12.3. The number of methoxy groups -OCH3 is 2. The summed E-state index contributed by atoms with van der Waals surface area (Å²) in [6.45, 7) is 2.21. The fourth-order valence-corrected chi connectivity index (χ4v) is 1.60. The molecular formula is C14H20N2O5. The lowest BCUT2D eigenvalue weighted by Crippen LogP contribution is -2.37. The third kappa shape index (κ3) is 4.64. The fourth-order valence-electron chi connectivity index (χ4n) is 1.60. The molecule has 1 aromatic carbocycles. The van der Waals surface area contributed by atoms with Gasteiger partial charge in [-0.1, -0.05) is 6.07 Å². The van der Waals surface area contributed by atoms with Crippen LogP contribution in [0.2, 0.25) is 0 Å². The number of hydrogen-bond donors (Lipinski definition) is 2. The van der Waals surface area contributed by atoms with Crippen LogP contribution in [0.25, 0.3) is 0 Å². The number of carbonyl (C=O) groups is 2. The van der Waals surface area contributed by atoms with Crippen molar-refractivity contribution in [1.29, 1.82) is 0 Å². The standard InChI is InChI=1S/C14H20N2O5/c1-9(13(17)16-7-8-19-2)21-14(18)10-5-4-6-11(20-3)12(10)15/h4-6,9H,7-8,15H2,1-3H3,(H,16,17). The van der Waals surface area contributed by atoms with Gasteiger partial charge in [0.05, 0.1) is 25.0 Å². The Morgan fingerprint density at radius 3 is 2.67 bits per heavy atom. The van der Waals surface area contributed by atoms with Crippen molar-refractivity contribution < 1.29 is 23.8 Å². The Kier molecular flexibility index (Phi) is 6.48. The summed E-state index contributed by atoms with van der Waals surface area (Å²) in [6, 6.07) is 4.76. The van der Waals surface area contributed by atoms with Gasteiger partial charge in [-0.15, -0.1) is 0 Å². The van der Waals surface area contributed by atoms with E-state index in [9.17, 15) is 9.59 Å². The zero-order chi connectivity index (χ0) is 15.8. The zero-order valence-corrected chi connectivity index (χ0v) is 12.3. The van der Waals surface area contributed by atoms with E-state index < -0.39 is 18.0 Å². The molecular weight excluding hydrogens is 276 g/mol. The van der Waals surface area contributed by atoms with Crippen LogP contribution >= 0.6 is 0 Å². The predicted octanol–water partition coefficient (Wildman–Crippen LogP) is 0.585. The molecule has 0 heterocycles. The number of carbonyl (C=O) groups excluding carboxylic acids is 2. The molecule has 1 unspecified atom stereocenters. The highest BCUT2D eigenvalue weighted by atomic mass is 16.5. The topological polar surface area (TPSA) is 99.9 Å². The minimum Gasteiger partial charge on any atom is -0.495 e. The number of hydrogen-bond acceptors (Lipinski definition) is 6. The van der Waals surface area contributed by atoms with E-state index in [1.165, 1.54) is 27.2 Å². The van der Waals surface area contributed by atoms with Gasteiger partial charge in [-0.05, 0) is 19.1 Å². The van der Waals surface area contributed by atoms with Crippen LogP contribution in [0, 0.1) is 0 Å². The van der Waals surface area contributed by atoms with E-state index in [0.29, 0.717) is 18.9 Å². The Morgan fingerprint density at radius 2 is 2.05 bits per heavy atom. The van der Waals surface area contributed by atoms with E-state index in [2.05, 4.69) is 5.32 Å². The Hall–Kier alpha value is -2.28. The van der Waals surface area contributed by atoms with Crippen molar-refractivity contribution in [2.45, 2.75) is 13.0 Å². The first kappa shape index (κ1) is 16.8. The van der Waals surface area contributed by atoms with Gasteiger partial charge in [0.25, 0.3) is 5.91 Å². The van der Waals surface area contributed by atoms with Crippen molar-refractivity contribution in [2.24, 2.45) is 0 Å². The minimum atomic E-state index is -0.931. The highest BCUT2D eigenvalue weighted by molar-refractivity contribution is 5.98. The van der Waals surface area contributed by atoms with Gasteiger partial charge >= 0.3 is 5.97 Å². The van der Waals surface area contributed by atoms with Crippen molar-refractivity contribution >= 4 is 17.6 Å². The Bertz CT molecular complexity index is 504. The average Bonchev–Trinajstić information content (AvgIpc) is 2.47. The van der Waals surface area contributed by atoms with Crippen molar-refractivity contribution in [2.75, 3.05) is 33.1 Å². The molecule has 1 rings (SSSR count). The van der Waals surface area contributed by atoms with Gasteiger partial charge in [0.15, 0.2) is 6.10 Å². The molecule has 0 saturated heterocycles. The summed E-state index contributed by atoms with van der Waals surface area (Å²) in [5.41, 5.74) is 6.14. The van der Waals surface area contributed by atoms with Gasteiger partial charge in [-0.3, -0.25) is 4.79 Å². The molecule has 1 aromatic rings. The number of nitrogens with two attached hydrogens (primary N) is 1. The van der Waals surface area contributed by atoms with E-state index in [4.69, 9.17) is 19.9 Å². The molecule has 1 atom stereocenters. The molecule has 21 heavy (non-hydrogen) atoms. The first-order valence-corrected chi connectivity index (χ1v) is 6.41. The number of ether oxygens (including phenoxy) is 3. The molecule has 0 aliphatic heterocycles. The lowest BCUT2D eigenvalue weighted by atomic mass is 10.1. The Balaban J connectivity index is 2.66. The van der Waals surface area contributed by atoms with Crippen molar-refractivity contribution in [3.05, 3.63) is 23.8 Å². The molecule has 0 aliphatic carbocycles. The second-order valence-corrected chi connectivity index (χ2v) is 4.25. The maximum absolute atomic E-state index is 12.0. The number of nitrogen functional groups attached to an aromatic ring is 1. The van der Waals surface area contributed by atoms with E-state index in [1.807, 2.05) is 0 Å². The van der Waals surface area contributed by atoms with Crippen LogP contribution in [0.1, 0.15) is 17.3 Å². The summed E-state index contributed by atoms with van der Waals surface area (Å²) < 4.78 is 14.9. The third-order valence-electron chi connectivity index (χ3n) is 2.76. The fraction of sp³-hybridized carbons (Fsp3) is 0.429. The number of esters is 1. The van der Waals surface area contributed by atoms with Crippen molar-refractivity contribution in [3.8, 4) is 5.75 Å². The van der Waals surface area contributed by atoms with E-state index in [1.54, 1.807) is 12.1 Å². The van der Waals surface area contributed by atoms with Gasteiger partial charge in [-0.2, -0.15) is 0 Å². The van der Waals surface area contributed by atoms with Gasteiger partial charge in [-0.25, -0.2) is 4.79 Å². The molecule has 0 aliphatic rings. The number of nitrogens with one attached hydrogen (secondary N) is 1. The average molecular weight is 296 g/mol. The molecule has 0 radical (unpaired) electrons. The van der Waals surface area contributed by atoms with Crippen LogP contribution in [0.15, 0.2) is 18.2 Å². The van der Waals surface area contributed by atoms with Crippen molar-refractivity contribution in [3.63, 3.8) is 0 Å². The molecule has 0 fully saturated rings. The summed E-state index contributed by atoms with van der Waals surface area (Å²) in [6.07, 6.45) is -0.931. The molecule has 3 N–H and O–H groups in total. The number of rotatable bonds is 7. The minimum absolute atomic E-state index is 0.158. The number of benzene rings is 1. The summed E-state index contributed by atoms with van der Waals surface area (Å²) in [5.74, 6) is -0.704. The monoisotopic (exact) mass is 296 g/mol. The van der Waals surface area contributed by atoms with Gasteiger partial charge in [0, 0.05) is 13.7 Å². The molecule has 0 spiro atoms. The van der Waals surface area contributed by atoms with Crippen LogP contribution in [0.4, 0.5) is 5.69 Å². The third-order valence-corrected chi connectivity index (χ3v) is 2.76. The normalized spacial score (nSPS) is 11.6. The molecule has 0 bridgehead atoms. The first-order chi connectivity index (χ1) is 10.0. The van der Waals surface area contributed by atoms with E-state index in [0.717, 1.165) is 0 Å². The predicted molar refractivity (Wildman–Crippen MR) is 77.2 cm³/mol. The Morgan fingerprint density at radius 1 is 1.33 bits per heavy atom. The van der Waals surface area contributed by atoms with Crippen molar-refractivity contribution in [1.82, 2.24) is 5.32 Å². The molecule has 7 heteroatoms. The van der Waals surface area contributed by atoms with Gasteiger partial charge in [0.1, 0.15) is 5.75 Å². The van der Waals surface area contributed by atoms with Crippen LogP contribution in [0.3, 0.4) is 0 Å². The molecule has 116 valence electrons. The van der Waals surface area contributed by atoms with Crippen LogP contribution in [-0.2, 0) is 14.3 Å². The second-order valence-electron chi connectivity index (χ2n) is 4.25. The lowest BCUT2D eigenvalue weighted by Gasteiger charge is -2.15. The number of anilines is 1. The maximum Gasteiger partial charge on any atom is 0.341 e. The first-order valence-electron chi connectivity index (χ1n) is 6.41. The largest absolute Gasteiger partial charge is 0.495 e. The lowest BCUT2D eigenvalue weighted by molar-refractivity contribution is -0.129. The summed E-state index contributed by atoms with van der Waals surface area (Å²) in [4.78, 5) is 23.7. The maximum atomic E-state index is 12.0. The smallest absolute Gasteiger partial charge is 0.341 e. The van der Waals surface area contributed by atoms with Gasteiger partial charge < -0.3 is 25.3 Å². The molecule has 7 nitrogen and oxygen atoms in total. The van der Waals surface area contributed by atoms with Crippen LogP contribution in [-0.4, -0.2) is 45.4 Å². The Labute approximate surface area is 123 Å². The summed E-state index contributed by atoms with van der Waals surface area (Å²) in [7, 11) is 2.98. The number of amides is 1. The summed E-state index contributed by atoms with van der Waals surface area (Å²) >= 11 is 0. The van der Waals surface area contributed by atoms with Crippen LogP contribution in [0.5, 0.6) is 5.75 Å². The molecule has 0 saturated carbocycles. The number of para-hydroxylation sites is 1. The highest BCUT2D eigenvalue weighted by Gasteiger charge is 2.21. The van der Waals surface area contributed by atoms with Gasteiger partial charge in [0.2, 0.25) is 0 Å². The van der Waals surface area contributed by atoms with Crippen LogP contribution < -0.4 is 15.8 Å². The van der Waals surface area contributed by atoms with E-state index >= 15 is 0 Å². The quantitative estimate of drug-likeness (QED) is 0.434. The SMILES string of the molecule is COCCNC(=O)C(C)OC(=O)c1cccc(OC)c1N. The second kappa shape index (κ2) is 8.11. The molecule has 1 amide bonds. The summed E-state index contributed by atoms with van der Waals surface area (Å²) in [5, 5.41) is 2.58. The van der Waals surface area contributed by atoms with E-state index in [-0.39, 0.29) is 11.3 Å². The molecule has 0 aromatic heterocycles. The highest BCUT2D eigenvalue weighted by Crippen LogP contribution is 2.25.